The maximum Gasteiger partial charge on any atom is 0.261 e. The van der Waals surface area contributed by atoms with Crippen molar-refractivity contribution in [1.82, 2.24) is 10.2 Å². The zero-order chi connectivity index (χ0) is 22.2. The van der Waals surface area contributed by atoms with Gasteiger partial charge in [-0.15, -0.1) is 0 Å². The molecule has 5 heteroatoms. The van der Waals surface area contributed by atoms with Gasteiger partial charge in [0.05, 0.1) is 0 Å². The van der Waals surface area contributed by atoms with E-state index >= 15 is 0 Å². The molecule has 5 nitrogen and oxygen atoms in total. The molecule has 166 valence electrons. The average Bonchev–Trinajstić information content (AvgIpc) is 2.77. The van der Waals surface area contributed by atoms with Gasteiger partial charge >= 0.3 is 0 Å². The van der Waals surface area contributed by atoms with Gasteiger partial charge in [-0.2, -0.15) is 0 Å². The number of para-hydroxylation sites is 1. The van der Waals surface area contributed by atoms with E-state index in [1.807, 2.05) is 62.4 Å². The van der Waals surface area contributed by atoms with Crippen LogP contribution in [0.4, 0.5) is 0 Å². The van der Waals surface area contributed by atoms with Crippen LogP contribution in [0.5, 0.6) is 5.75 Å². The minimum atomic E-state index is -0.574. The van der Waals surface area contributed by atoms with Gasteiger partial charge < -0.3 is 15.0 Å². The fraction of sp³-hybridized carbons (Fsp3) is 0.462. The third kappa shape index (κ3) is 6.58. The number of nitrogens with one attached hydrogen (secondary N) is 1. The van der Waals surface area contributed by atoms with Gasteiger partial charge in [-0.3, -0.25) is 9.59 Å². The molecule has 3 rings (SSSR count). The first-order chi connectivity index (χ1) is 14.9. The second-order valence-electron chi connectivity index (χ2n) is 8.58. The van der Waals surface area contributed by atoms with Gasteiger partial charge in [-0.1, -0.05) is 67.3 Å². The molecule has 1 atom stereocenters. The number of benzene rings is 2. The molecule has 2 aromatic rings. The first-order valence-corrected chi connectivity index (χ1v) is 11.3. The van der Waals surface area contributed by atoms with Crippen molar-refractivity contribution in [1.29, 1.82) is 0 Å². The van der Waals surface area contributed by atoms with Crippen LogP contribution in [-0.4, -0.2) is 35.4 Å². The smallest absolute Gasteiger partial charge is 0.261 e. The van der Waals surface area contributed by atoms with Crippen molar-refractivity contribution < 1.29 is 14.3 Å². The van der Waals surface area contributed by atoms with Crippen LogP contribution < -0.4 is 10.1 Å². The summed E-state index contributed by atoms with van der Waals surface area (Å²) in [6.07, 6.45) is 5.56. The Morgan fingerprint density at radius 3 is 2.52 bits per heavy atom. The Morgan fingerprint density at radius 2 is 1.81 bits per heavy atom. The Morgan fingerprint density at radius 1 is 1.06 bits per heavy atom. The molecule has 0 spiro atoms. The number of hydrogen-bond donors (Lipinski definition) is 1. The van der Waals surface area contributed by atoms with Crippen molar-refractivity contribution >= 4 is 11.8 Å². The summed E-state index contributed by atoms with van der Waals surface area (Å²) in [5.41, 5.74) is 3.10. The predicted molar refractivity (Wildman–Crippen MR) is 123 cm³/mol. The molecule has 31 heavy (non-hydrogen) atoms. The van der Waals surface area contributed by atoms with Crippen LogP contribution >= 0.6 is 0 Å². The summed E-state index contributed by atoms with van der Waals surface area (Å²) in [5, 5.41) is 3.16. The van der Waals surface area contributed by atoms with Gasteiger partial charge in [-0.25, -0.2) is 0 Å². The van der Waals surface area contributed by atoms with E-state index in [0.717, 1.165) is 42.4 Å². The van der Waals surface area contributed by atoms with Crippen LogP contribution in [0.15, 0.2) is 48.5 Å². The number of amides is 2. The van der Waals surface area contributed by atoms with E-state index in [0.29, 0.717) is 12.3 Å². The van der Waals surface area contributed by atoms with E-state index in [-0.39, 0.29) is 24.5 Å². The lowest BCUT2D eigenvalue weighted by molar-refractivity contribution is -0.142. The molecule has 0 saturated heterocycles. The molecule has 0 aromatic heterocycles. The second kappa shape index (κ2) is 11.0. The maximum atomic E-state index is 13.2. The first kappa shape index (κ1) is 22.9. The number of aryl methyl sites for hydroxylation is 2. The van der Waals surface area contributed by atoms with Gasteiger partial charge in [-0.05, 0) is 50.8 Å². The standard InChI is InChI=1S/C26H34N2O3/c1-19-10-9-12-22(16-19)17-28(21(3)26(30)27-23-13-5-4-6-14-23)25(29)18-31-24-15-8-7-11-20(24)2/h7-12,15-16,21,23H,4-6,13-14,17-18H2,1-3H3,(H,27,30)/t21-/m0/s1. The van der Waals surface area contributed by atoms with Gasteiger partial charge in [0.1, 0.15) is 11.8 Å². The summed E-state index contributed by atoms with van der Waals surface area (Å²) in [5.74, 6) is 0.394. The highest BCUT2D eigenvalue weighted by atomic mass is 16.5. The van der Waals surface area contributed by atoms with Crippen molar-refractivity contribution in [3.8, 4) is 5.75 Å². The highest BCUT2D eigenvalue weighted by molar-refractivity contribution is 5.88. The maximum absolute atomic E-state index is 13.2. The number of carbonyl (C=O) groups excluding carboxylic acids is 2. The quantitative estimate of drug-likeness (QED) is 0.679. The van der Waals surface area contributed by atoms with Crippen molar-refractivity contribution in [3.63, 3.8) is 0 Å². The van der Waals surface area contributed by atoms with E-state index in [9.17, 15) is 9.59 Å². The van der Waals surface area contributed by atoms with Crippen molar-refractivity contribution in [2.75, 3.05) is 6.61 Å². The summed E-state index contributed by atoms with van der Waals surface area (Å²) in [7, 11) is 0. The fourth-order valence-electron chi connectivity index (χ4n) is 4.10. The van der Waals surface area contributed by atoms with Crippen molar-refractivity contribution in [2.24, 2.45) is 0 Å². The molecule has 1 aliphatic carbocycles. The Hall–Kier alpha value is -2.82. The molecule has 0 heterocycles. The zero-order valence-corrected chi connectivity index (χ0v) is 18.9. The molecule has 1 aliphatic rings. The van der Waals surface area contributed by atoms with E-state index in [4.69, 9.17) is 4.74 Å². The monoisotopic (exact) mass is 422 g/mol. The van der Waals surface area contributed by atoms with Crippen molar-refractivity contribution in [3.05, 3.63) is 65.2 Å². The second-order valence-corrected chi connectivity index (χ2v) is 8.58. The zero-order valence-electron chi connectivity index (χ0n) is 18.9. The summed E-state index contributed by atoms with van der Waals surface area (Å²) >= 11 is 0. The SMILES string of the molecule is Cc1cccc(CN(C(=O)COc2ccccc2C)[C@@H](C)C(=O)NC2CCCCC2)c1. The lowest BCUT2D eigenvalue weighted by atomic mass is 9.95. The molecule has 0 bridgehead atoms. The third-order valence-electron chi connectivity index (χ3n) is 6.00. The van der Waals surface area contributed by atoms with Gasteiger partial charge in [0.25, 0.3) is 5.91 Å². The molecule has 1 saturated carbocycles. The van der Waals surface area contributed by atoms with Crippen LogP contribution in [0.25, 0.3) is 0 Å². The minimum Gasteiger partial charge on any atom is -0.484 e. The highest BCUT2D eigenvalue weighted by Crippen LogP contribution is 2.19. The van der Waals surface area contributed by atoms with Crippen LogP contribution in [0, 0.1) is 13.8 Å². The highest BCUT2D eigenvalue weighted by Gasteiger charge is 2.28. The molecular formula is C26H34N2O3. The number of ether oxygens (including phenoxy) is 1. The topological polar surface area (TPSA) is 58.6 Å². The number of hydrogen-bond acceptors (Lipinski definition) is 3. The van der Waals surface area contributed by atoms with Crippen molar-refractivity contribution in [2.45, 2.75) is 71.5 Å². The summed E-state index contributed by atoms with van der Waals surface area (Å²) in [4.78, 5) is 27.8. The predicted octanol–water partition coefficient (Wildman–Crippen LogP) is 4.55. The number of rotatable bonds is 8. The normalized spacial score (nSPS) is 15.2. The molecule has 1 fully saturated rings. The van der Waals surface area contributed by atoms with E-state index < -0.39 is 6.04 Å². The van der Waals surface area contributed by atoms with E-state index in [1.165, 1.54) is 6.42 Å². The third-order valence-corrected chi connectivity index (χ3v) is 6.00. The van der Waals surface area contributed by atoms with Crippen LogP contribution in [0.3, 0.4) is 0 Å². The summed E-state index contributed by atoms with van der Waals surface area (Å²) < 4.78 is 5.80. The van der Waals surface area contributed by atoms with E-state index in [1.54, 1.807) is 11.8 Å². The number of nitrogens with zero attached hydrogens (tertiary/aromatic N) is 1. The molecule has 0 unspecified atom stereocenters. The van der Waals surface area contributed by atoms with Gasteiger partial charge in [0.2, 0.25) is 5.91 Å². The van der Waals surface area contributed by atoms with Crippen LogP contribution in [-0.2, 0) is 16.1 Å². The number of carbonyl (C=O) groups is 2. The summed E-state index contributed by atoms with van der Waals surface area (Å²) in [6, 6.07) is 15.3. The van der Waals surface area contributed by atoms with Gasteiger partial charge in [0, 0.05) is 12.6 Å². The van der Waals surface area contributed by atoms with Crippen LogP contribution in [0.1, 0.15) is 55.7 Å². The minimum absolute atomic E-state index is 0.0937. The Labute approximate surface area is 185 Å². The molecule has 1 N–H and O–H groups in total. The first-order valence-electron chi connectivity index (χ1n) is 11.3. The molecular weight excluding hydrogens is 388 g/mol. The lowest BCUT2D eigenvalue weighted by Gasteiger charge is -2.31. The summed E-state index contributed by atoms with van der Waals surface area (Å²) in [6.45, 7) is 6.05. The average molecular weight is 423 g/mol. The molecule has 2 aromatic carbocycles. The largest absolute Gasteiger partial charge is 0.484 e. The molecule has 2 amide bonds. The van der Waals surface area contributed by atoms with Gasteiger partial charge in [0.15, 0.2) is 6.61 Å². The Bertz CT molecular complexity index is 890. The Kier molecular flexibility index (Phi) is 8.10. The molecule has 0 aliphatic heterocycles. The Balaban J connectivity index is 1.71. The molecule has 0 radical (unpaired) electrons. The lowest BCUT2D eigenvalue weighted by Crippen LogP contribution is -2.51. The fourth-order valence-corrected chi connectivity index (χ4v) is 4.10. The van der Waals surface area contributed by atoms with E-state index in [2.05, 4.69) is 5.32 Å². The van der Waals surface area contributed by atoms with Crippen LogP contribution in [0.2, 0.25) is 0 Å².